The lowest BCUT2D eigenvalue weighted by Crippen LogP contribution is -2.32. The quantitative estimate of drug-likeness (QED) is 0.194. The van der Waals surface area contributed by atoms with Crippen LogP contribution in [0.15, 0.2) is 54.6 Å². The highest BCUT2D eigenvalue weighted by Gasteiger charge is 2.31. The van der Waals surface area contributed by atoms with Gasteiger partial charge in [0, 0.05) is 12.6 Å². The van der Waals surface area contributed by atoms with Crippen LogP contribution in [-0.4, -0.2) is 43.2 Å². The first kappa shape index (κ1) is 29.3. The number of nitrogens with one attached hydrogen (secondary N) is 1. The van der Waals surface area contributed by atoms with E-state index in [0.29, 0.717) is 35.3 Å². The summed E-state index contributed by atoms with van der Waals surface area (Å²) >= 11 is 0. The number of aromatic nitrogens is 4. The second-order valence-corrected chi connectivity index (χ2v) is 11.0. The van der Waals surface area contributed by atoms with Crippen molar-refractivity contribution in [3.05, 3.63) is 77.1 Å². The molecule has 2 unspecified atom stereocenters. The van der Waals surface area contributed by atoms with E-state index in [1.807, 2.05) is 34.9 Å². The first-order chi connectivity index (χ1) is 20.1. The van der Waals surface area contributed by atoms with Gasteiger partial charge in [-0.15, -0.1) is 0 Å². The topological polar surface area (TPSA) is 96.2 Å². The molecule has 0 spiro atoms. The van der Waals surface area contributed by atoms with Gasteiger partial charge in [0.1, 0.15) is 5.52 Å². The number of fused-ring (bicyclic) bond motifs is 1. The fourth-order valence-corrected chi connectivity index (χ4v) is 5.46. The predicted octanol–water partition coefficient (Wildman–Crippen LogP) is 7.17. The van der Waals surface area contributed by atoms with Crippen molar-refractivity contribution in [2.24, 2.45) is 5.92 Å². The van der Waals surface area contributed by atoms with Gasteiger partial charge >= 0.3 is 12.1 Å². The van der Waals surface area contributed by atoms with Gasteiger partial charge < -0.3 is 19.9 Å². The number of hydrogen-bond acceptors (Lipinski definition) is 6. The van der Waals surface area contributed by atoms with Crippen LogP contribution in [0.2, 0.25) is 0 Å². The number of carbonyl (C=O) groups is 1. The Balaban J connectivity index is 1.69. The monoisotopic (exact) mass is 580 g/mol. The molecule has 2 aromatic carbocycles. The summed E-state index contributed by atoms with van der Waals surface area (Å²) in [5.41, 5.74) is 1.70. The first-order valence-corrected chi connectivity index (χ1v) is 14.3. The molecular weight excluding hydrogens is 545 g/mol. The molecule has 0 saturated heterocycles. The number of imidazole rings is 1. The Labute approximate surface area is 242 Å². The summed E-state index contributed by atoms with van der Waals surface area (Å²) < 4.78 is 41.8. The average molecular weight is 581 g/mol. The minimum Gasteiger partial charge on any atom is -0.475 e. The molecule has 1 saturated carbocycles. The van der Waals surface area contributed by atoms with Crippen LogP contribution in [0, 0.1) is 5.92 Å². The molecule has 1 fully saturated rings. The predicted molar refractivity (Wildman–Crippen MR) is 156 cm³/mol. The van der Waals surface area contributed by atoms with Gasteiger partial charge in [-0.05, 0) is 62.3 Å². The molecule has 0 amide bonds. The van der Waals surface area contributed by atoms with Crippen LogP contribution in [0.5, 0.6) is 0 Å². The number of carboxylic acid groups (broad SMARTS) is 1. The van der Waals surface area contributed by atoms with Crippen molar-refractivity contribution in [3.63, 3.8) is 0 Å². The van der Waals surface area contributed by atoms with Crippen molar-refractivity contribution in [1.82, 2.24) is 19.5 Å². The molecule has 0 radical (unpaired) electrons. The molecule has 42 heavy (non-hydrogen) atoms. The summed E-state index contributed by atoms with van der Waals surface area (Å²) in [5.74, 6) is -0.304. The van der Waals surface area contributed by atoms with Gasteiger partial charge in [-0.1, -0.05) is 55.8 Å². The molecule has 2 atom stereocenters. The van der Waals surface area contributed by atoms with Crippen molar-refractivity contribution in [1.29, 1.82) is 0 Å². The Morgan fingerprint density at radius 1 is 1.07 bits per heavy atom. The van der Waals surface area contributed by atoms with Crippen LogP contribution >= 0.6 is 0 Å². The zero-order chi connectivity index (χ0) is 30.0. The molecule has 0 bridgehead atoms. The van der Waals surface area contributed by atoms with Crippen LogP contribution in [0.3, 0.4) is 0 Å². The van der Waals surface area contributed by atoms with Gasteiger partial charge in [0.05, 0.1) is 18.2 Å². The fourth-order valence-electron chi connectivity index (χ4n) is 5.46. The Hall–Kier alpha value is -4.15. The molecule has 1 aliphatic rings. The van der Waals surface area contributed by atoms with Gasteiger partial charge in [0.25, 0.3) is 0 Å². The van der Waals surface area contributed by atoms with Crippen LogP contribution < -0.4 is 10.2 Å². The highest BCUT2D eigenvalue weighted by Crippen LogP contribution is 2.36. The molecular formula is C31H35F3N6O2. The van der Waals surface area contributed by atoms with Crippen molar-refractivity contribution in [2.45, 2.75) is 71.3 Å². The van der Waals surface area contributed by atoms with Gasteiger partial charge in [0.15, 0.2) is 11.5 Å². The molecule has 4 aromatic rings. The van der Waals surface area contributed by atoms with Gasteiger partial charge in [0.2, 0.25) is 11.8 Å². The number of carboxylic acids is 1. The summed E-state index contributed by atoms with van der Waals surface area (Å²) in [6.45, 7) is 7.00. The fraction of sp³-hybridized carbons (Fsp3) is 0.419. The largest absolute Gasteiger partial charge is 0.475 e. The van der Waals surface area contributed by atoms with Crippen molar-refractivity contribution in [2.75, 3.05) is 16.8 Å². The normalized spacial score (nSPS) is 15.3. The molecule has 8 nitrogen and oxygen atoms in total. The molecule has 2 heterocycles. The molecule has 2 N–H and O–H groups in total. The summed E-state index contributed by atoms with van der Waals surface area (Å²) in [6, 6.07) is 14.9. The van der Waals surface area contributed by atoms with E-state index in [1.54, 1.807) is 0 Å². The molecule has 5 rings (SSSR count). The highest BCUT2D eigenvalue weighted by molar-refractivity contribution is 5.91. The third-order valence-corrected chi connectivity index (χ3v) is 8.09. The van der Waals surface area contributed by atoms with Crippen LogP contribution in [0.1, 0.15) is 79.8 Å². The maximum absolute atomic E-state index is 13.3. The number of anilines is 2. The summed E-state index contributed by atoms with van der Waals surface area (Å²) in [5, 5.41) is 13.3. The SMILES string of the molecule is CCCN(c1nc2nc(C(=O)O)nc(NC(C)C3CCC3)c2n1Cc1ccc(C(F)(F)F)cc1)C(C)c1ccccc1. The summed E-state index contributed by atoms with van der Waals surface area (Å²) in [7, 11) is 0. The van der Waals surface area contributed by atoms with Crippen molar-refractivity contribution in [3.8, 4) is 0 Å². The van der Waals surface area contributed by atoms with E-state index in [9.17, 15) is 23.1 Å². The summed E-state index contributed by atoms with van der Waals surface area (Å²) in [6.07, 6.45) is -0.345. The van der Waals surface area contributed by atoms with E-state index in [-0.39, 0.29) is 30.1 Å². The highest BCUT2D eigenvalue weighted by atomic mass is 19.4. The number of aromatic carboxylic acids is 1. The minimum absolute atomic E-state index is 0.0337. The molecule has 2 aromatic heterocycles. The second kappa shape index (κ2) is 12.0. The van der Waals surface area contributed by atoms with E-state index in [4.69, 9.17) is 4.98 Å². The molecule has 11 heteroatoms. The Morgan fingerprint density at radius 2 is 1.76 bits per heavy atom. The smallest absolute Gasteiger partial charge is 0.416 e. The zero-order valence-electron chi connectivity index (χ0n) is 23.9. The molecule has 0 aliphatic heterocycles. The van der Waals surface area contributed by atoms with E-state index in [2.05, 4.69) is 41.0 Å². The Morgan fingerprint density at radius 3 is 2.33 bits per heavy atom. The number of halogens is 3. The third-order valence-electron chi connectivity index (χ3n) is 8.09. The van der Waals surface area contributed by atoms with E-state index in [1.165, 1.54) is 12.1 Å². The Kier molecular flexibility index (Phi) is 8.38. The van der Waals surface area contributed by atoms with Crippen molar-refractivity contribution < 1.29 is 23.1 Å². The minimum atomic E-state index is -4.44. The van der Waals surface area contributed by atoms with E-state index < -0.39 is 17.7 Å². The number of rotatable bonds is 11. The van der Waals surface area contributed by atoms with E-state index >= 15 is 0 Å². The van der Waals surface area contributed by atoms with Gasteiger partial charge in [-0.2, -0.15) is 18.2 Å². The standard InChI is InChI=1S/C31H35F3N6O2/c1-4-17-39(20(3)23-9-6-5-7-10-23)30-38-27-25(40(30)18-21-13-15-24(16-14-21)31(32,33)34)26(36-28(37-27)29(41)42)35-19(2)22-11-8-12-22/h5-7,9-10,13-16,19-20,22H,4,8,11-12,17-18H2,1-3H3,(H,41,42)(H,35,36,37). The van der Waals surface area contributed by atoms with Gasteiger partial charge in [-0.3, -0.25) is 0 Å². The summed E-state index contributed by atoms with van der Waals surface area (Å²) in [4.78, 5) is 27.7. The average Bonchev–Trinajstić information content (AvgIpc) is 3.28. The molecule has 1 aliphatic carbocycles. The van der Waals surface area contributed by atoms with E-state index in [0.717, 1.165) is 43.4 Å². The van der Waals surface area contributed by atoms with Crippen LogP contribution in [-0.2, 0) is 12.7 Å². The first-order valence-electron chi connectivity index (χ1n) is 14.3. The Bertz CT molecular complexity index is 1530. The lowest BCUT2D eigenvalue weighted by molar-refractivity contribution is -0.137. The van der Waals surface area contributed by atoms with Gasteiger partial charge in [-0.25, -0.2) is 14.8 Å². The lowest BCUT2D eigenvalue weighted by Gasteiger charge is -2.32. The maximum Gasteiger partial charge on any atom is 0.416 e. The number of benzene rings is 2. The van der Waals surface area contributed by atoms with Crippen molar-refractivity contribution >= 4 is 28.9 Å². The van der Waals surface area contributed by atoms with Crippen LogP contribution in [0.4, 0.5) is 24.9 Å². The number of nitrogens with zero attached hydrogens (tertiary/aromatic N) is 5. The second-order valence-electron chi connectivity index (χ2n) is 11.0. The maximum atomic E-state index is 13.3. The zero-order valence-corrected chi connectivity index (χ0v) is 23.9. The molecule has 222 valence electrons. The number of alkyl halides is 3. The van der Waals surface area contributed by atoms with Crippen LogP contribution in [0.25, 0.3) is 11.2 Å². The number of hydrogen-bond donors (Lipinski definition) is 2. The lowest BCUT2D eigenvalue weighted by atomic mass is 9.80. The third kappa shape index (κ3) is 6.05.